The zero-order chi connectivity index (χ0) is 20.1. The lowest BCUT2D eigenvalue weighted by Crippen LogP contribution is -2.18. The average Bonchev–Trinajstić information content (AvgIpc) is 2.69. The maximum absolute atomic E-state index is 12.7. The summed E-state index contributed by atoms with van der Waals surface area (Å²) in [6, 6.07) is 16.9. The van der Waals surface area contributed by atoms with Crippen molar-refractivity contribution in [3.8, 4) is 0 Å². The lowest BCUT2D eigenvalue weighted by molar-refractivity contribution is 0.101. The lowest BCUT2D eigenvalue weighted by atomic mass is 10.1. The SMILES string of the molecule is CCN(c1cccc(C)c1)c1cncc(C(=O)Nc2ccc(C(C)=O)cc2)c1. The number of amides is 1. The molecule has 0 aliphatic carbocycles. The van der Waals surface area contributed by atoms with Crippen LogP contribution in [0.15, 0.2) is 67.0 Å². The zero-order valence-corrected chi connectivity index (χ0v) is 16.3. The van der Waals surface area contributed by atoms with Crippen LogP contribution in [0.4, 0.5) is 17.1 Å². The van der Waals surface area contributed by atoms with Crippen molar-refractivity contribution in [2.75, 3.05) is 16.8 Å². The second kappa shape index (κ2) is 8.48. The number of rotatable bonds is 6. The molecule has 0 bridgehead atoms. The van der Waals surface area contributed by atoms with Gasteiger partial charge in [-0.3, -0.25) is 14.6 Å². The number of nitrogens with one attached hydrogen (secondary N) is 1. The van der Waals surface area contributed by atoms with E-state index < -0.39 is 0 Å². The fourth-order valence-electron chi connectivity index (χ4n) is 3.00. The highest BCUT2D eigenvalue weighted by atomic mass is 16.1. The number of aryl methyl sites for hydroxylation is 1. The number of hydrogen-bond acceptors (Lipinski definition) is 4. The molecule has 28 heavy (non-hydrogen) atoms. The van der Waals surface area contributed by atoms with Gasteiger partial charge in [-0.2, -0.15) is 0 Å². The number of carbonyl (C=O) groups excluding carboxylic acids is 2. The Morgan fingerprint density at radius 2 is 1.71 bits per heavy atom. The Balaban J connectivity index is 1.81. The molecule has 5 nitrogen and oxygen atoms in total. The summed E-state index contributed by atoms with van der Waals surface area (Å²) in [4.78, 5) is 30.4. The minimum absolute atomic E-state index is 0.00872. The van der Waals surface area contributed by atoms with Crippen LogP contribution in [-0.4, -0.2) is 23.2 Å². The Bertz CT molecular complexity index is 997. The molecule has 0 radical (unpaired) electrons. The Labute approximate surface area is 165 Å². The third-order valence-electron chi connectivity index (χ3n) is 4.48. The molecule has 0 aliphatic rings. The van der Waals surface area contributed by atoms with Gasteiger partial charge in [-0.25, -0.2) is 0 Å². The number of benzene rings is 2. The summed E-state index contributed by atoms with van der Waals surface area (Å²) in [5.74, 6) is -0.254. The molecule has 1 amide bonds. The summed E-state index contributed by atoms with van der Waals surface area (Å²) in [7, 11) is 0. The van der Waals surface area contributed by atoms with E-state index in [1.54, 1.807) is 36.7 Å². The first-order valence-corrected chi connectivity index (χ1v) is 9.19. The maximum atomic E-state index is 12.7. The summed E-state index contributed by atoms with van der Waals surface area (Å²) < 4.78 is 0. The van der Waals surface area contributed by atoms with Crippen molar-refractivity contribution in [1.82, 2.24) is 4.98 Å². The zero-order valence-electron chi connectivity index (χ0n) is 16.3. The van der Waals surface area contributed by atoms with Crippen molar-refractivity contribution in [2.45, 2.75) is 20.8 Å². The van der Waals surface area contributed by atoms with Crippen molar-refractivity contribution in [2.24, 2.45) is 0 Å². The molecule has 5 heteroatoms. The normalized spacial score (nSPS) is 10.4. The van der Waals surface area contributed by atoms with Gasteiger partial charge in [-0.05, 0) is 68.8 Å². The monoisotopic (exact) mass is 373 g/mol. The molecule has 0 saturated carbocycles. The molecule has 1 N–H and O–H groups in total. The van der Waals surface area contributed by atoms with E-state index in [-0.39, 0.29) is 11.7 Å². The highest BCUT2D eigenvalue weighted by molar-refractivity contribution is 6.05. The number of carbonyl (C=O) groups is 2. The van der Waals surface area contributed by atoms with E-state index in [1.807, 2.05) is 18.2 Å². The third-order valence-corrected chi connectivity index (χ3v) is 4.48. The molecule has 1 heterocycles. The summed E-state index contributed by atoms with van der Waals surface area (Å²) in [6.45, 7) is 6.38. The maximum Gasteiger partial charge on any atom is 0.257 e. The first kappa shape index (κ1) is 19.3. The lowest BCUT2D eigenvalue weighted by Gasteiger charge is -2.23. The van der Waals surface area contributed by atoms with Gasteiger partial charge in [0.1, 0.15) is 0 Å². The number of anilines is 3. The van der Waals surface area contributed by atoms with Crippen molar-refractivity contribution in [3.05, 3.63) is 83.7 Å². The van der Waals surface area contributed by atoms with Crippen LogP contribution in [0.1, 0.15) is 40.1 Å². The van der Waals surface area contributed by atoms with Crippen LogP contribution in [0.25, 0.3) is 0 Å². The molecular formula is C23H23N3O2. The number of nitrogens with zero attached hydrogens (tertiary/aromatic N) is 2. The molecule has 0 spiro atoms. The van der Waals surface area contributed by atoms with Gasteiger partial charge in [-0.15, -0.1) is 0 Å². The third kappa shape index (κ3) is 4.43. The van der Waals surface area contributed by atoms with Crippen LogP contribution in [0.3, 0.4) is 0 Å². The minimum atomic E-state index is -0.245. The van der Waals surface area contributed by atoms with Gasteiger partial charge in [-0.1, -0.05) is 12.1 Å². The van der Waals surface area contributed by atoms with Gasteiger partial charge < -0.3 is 10.2 Å². The molecule has 0 fully saturated rings. The Kier molecular flexibility index (Phi) is 5.84. The van der Waals surface area contributed by atoms with Gasteiger partial charge in [0.25, 0.3) is 5.91 Å². The number of aromatic nitrogens is 1. The molecular weight excluding hydrogens is 350 g/mol. The van der Waals surface area contributed by atoms with Gasteiger partial charge in [0.05, 0.1) is 17.4 Å². The van der Waals surface area contributed by atoms with Crippen LogP contribution in [0, 0.1) is 6.92 Å². The average molecular weight is 373 g/mol. The van der Waals surface area contributed by atoms with E-state index in [2.05, 4.69) is 41.2 Å². The largest absolute Gasteiger partial charge is 0.340 e. The van der Waals surface area contributed by atoms with Crippen LogP contribution < -0.4 is 10.2 Å². The van der Waals surface area contributed by atoms with E-state index in [0.717, 1.165) is 17.9 Å². The molecule has 0 saturated heterocycles. The van der Waals surface area contributed by atoms with Crippen LogP contribution in [0.5, 0.6) is 0 Å². The predicted octanol–water partition coefficient (Wildman–Crippen LogP) is 5.00. The topological polar surface area (TPSA) is 62.3 Å². The molecule has 3 rings (SSSR count). The van der Waals surface area contributed by atoms with Gasteiger partial charge in [0, 0.05) is 29.7 Å². The van der Waals surface area contributed by atoms with Crippen LogP contribution in [0.2, 0.25) is 0 Å². The van der Waals surface area contributed by atoms with Crippen molar-refractivity contribution in [3.63, 3.8) is 0 Å². The second-order valence-corrected chi connectivity index (χ2v) is 6.60. The molecule has 142 valence electrons. The van der Waals surface area contributed by atoms with Gasteiger partial charge >= 0.3 is 0 Å². The standard InChI is InChI=1S/C23H23N3O2/c1-4-26(21-7-5-6-16(2)12-21)22-13-19(14-24-15-22)23(28)25-20-10-8-18(9-11-20)17(3)27/h5-15H,4H2,1-3H3,(H,25,28). The Hall–Kier alpha value is -3.47. The molecule has 0 atom stereocenters. The molecule has 0 aliphatic heterocycles. The smallest absolute Gasteiger partial charge is 0.257 e. The summed E-state index contributed by atoms with van der Waals surface area (Å²) in [5, 5.41) is 2.85. The fourth-order valence-corrected chi connectivity index (χ4v) is 3.00. The summed E-state index contributed by atoms with van der Waals surface area (Å²) in [5.41, 5.74) is 4.80. The molecule has 0 unspecified atom stereocenters. The van der Waals surface area contributed by atoms with Crippen molar-refractivity contribution in [1.29, 1.82) is 0 Å². The highest BCUT2D eigenvalue weighted by Gasteiger charge is 2.12. The number of pyridine rings is 1. The highest BCUT2D eigenvalue weighted by Crippen LogP contribution is 2.26. The van der Waals surface area contributed by atoms with Crippen LogP contribution in [-0.2, 0) is 0 Å². The Morgan fingerprint density at radius 3 is 2.36 bits per heavy atom. The molecule has 3 aromatic rings. The van der Waals surface area contributed by atoms with E-state index in [9.17, 15) is 9.59 Å². The minimum Gasteiger partial charge on any atom is -0.340 e. The fraction of sp³-hybridized carbons (Fsp3) is 0.174. The Morgan fingerprint density at radius 1 is 0.964 bits per heavy atom. The predicted molar refractivity (Wildman–Crippen MR) is 112 cm³/mol. The molecule has 1 aromatic heterocycles. The second-order valence-electron chi connectivity index (χ2n) is 6.60. The van der Waals surface area contributed by atoms with E-state index in [4.69, 9.17) is 0 Å². The summed E-state index contributed by atoms with van der Waals surface area (Å²) in [6.07, 6.45) is 3.30. The number of hydrogen-bond donors (Lipinski definition) is 1. The van der Waals surface area contributed by atoms with Gasteiger partial charge in [0.2, 0.25) is 0 Å². The molecule has 2 aromatic carbocycles. The first-order chi connectivity index (χ1) is 13.5. The van der Waals surface area contributed by atoms with Crippen molar-refractivity contribution < 1.29 is 9.59 Å². The number of Topliss-reactive ketones (excluding diaryl/α,β-unsaturated/α-hetero) is 1. The first-order valence-electron chi connectivity index (χ1n) is 9.19. The van der Waals surface area contributed by atoms with E-state index in [0.29, 0.717) is 16.8 Å². The number of ketones is 1. The van der Waals surface area contributed by atoms with Crippen LogP contribution >= 0.6 is 0 Å². The van der Waals surface area contributed by atoms with E-state index >= 15 is 0 Å². The van der Waals surface area contributed by atoms with E-state index in [1.165, 1.54) is 12.5 Å². The van der Waals surface area contributed by atoms with Crippen molar-refractivity contribution >= 4 is 28.8 Å². The quantitative estimate of drug-likeness (QED) is 0.618. The summed E-state index contributed by atoms with van der Waals surface area (Å²) >= 11 is 0. The van der Waals surface area contributed by atoms with Gasteiger partial charge in [0.15, 0.2) is 5.78 Å².